The van der Waals surface area contributed by atoms with Crippen LogP contribution in [0.4, 0.5) is 5.82 Å². The quantitative estimate of drug-likeness (QED) is 0.757. The number of nitrogens with two attached hydrogens (primary N) is 1. The van der Waals surface area contributed by atoms with Gasteiger partial charge in [0.25, 0.3) is 0 Å². The van der Waals surface area contributed by atoms with Crippen molar-refractivity contribution in [2.45, 2.75) is 0 Å². The minimum atomic E-state index is 0.478. The third kappa shape index (κ3) is 2.15. The summed E-state index contributed by atoms with van der Waals surface area (Å²) < 4.78 is 0. The van der Waals surface area contributed by atoms with Crippen molar-refractivity contribution in [2.75, 3.05) is 5.73 Å². The molecule has 0 spiro atoms. The summed E-state index contributed by atoms with van der Waals surface area (Å²) in [5.74, 6) is 0.478. The van der Waals surface area contributed by atoms with Gasteiger partial charge in [0.15, 0.2) is 0 Å². The third-order valence-electron chi connectivity index (χ3n) is 2.87. The fourth-order valence-electron chi connectivity index (χ4n) is 1.99. The molecule has 0 fully saturated rings. The van der Waals surface area contributed by atoms with Crippen molar-refractivity contribution in [3.05, 3.63) is 61.2 Å². The van der Waals surface area contributed by atoms with E-state index in [2.05, 4.69) is 15.0 Å². The van der Waals surface area contributed by atoms with Crippen LogP contribution in [0.1, 0.15) is 0 Å². The van der Waals surface area contributed by atoms with Crippen molar-refractivity contribution in [3.63, 3.8) is 0 Å². The Morgan fingerprint density at radius 2 is 1.53 bits per heavy atom. The first-order chi connectivity index (χ1) is 9.36. The lowest BCUT2D eigenvalue weighted by Gasteiger charge is -2.09. The van der Waals surface area contributed by atoms with E-state index in [9.17, 15) is 0 Å². The van der Waals surface area contributed by atoms with E-state index in [1.807, 2.05) is 42.6 Å². The number of anilines is 1. The van der Waals surface area contributed by atoms with Crippen molar-refractivity contribution in [2.24, 2.45) is 0 Å². The summed E-state index contributed by atoms with van der Waals surface area (Å²) >= 11 is 0. The average molecular weight is 248 g/mol. The van der Waals surface area contributed by atoms with E-state index in [-0.39, 0.29) is 0 Å². The lowest BCUT2D eigenvalue weighted by Crippen LogP contribution is -1.96. The lowest BCUT2D eigenvalue weighted by atomic mass is 10.0. The highest BCUT2D eigenvalue weighted by atomic mass is 14.8. The molecule has 0 amide bonds. The van der Waals surface area contributed by atoms with Gasteiger partial charge in [-0.05, 0) is 24.3 Å². The molecule has 0 radical (unpaired) electrons. The first-order valence-electron chi connectivity index (χ1n) is 5.92. The molecule has 0 aliphatic carbocycles. The van der Waals surface area contributed by atoms with Crippen molar-refractivity contribution in [3.8, 4) is 22.4 Å². The van der Waals surface area contributed by atoms with Gasteiger partial charge in [-0.2, -0.15) is 0 Å². The predicted octanol–water partition coefficient (Wildman–Crippen LogP) is 2.79. The molecule has 4 heteroatoms. The van der Waals surface area contributed by atoms with Crippen molar-refractivity contribution < 1.29 is 0 Å². The molecule has 0 aliphatic rings. The fourth-order valence-corrected chi connectivity index (χ4v) is 1.99. The summed E-state index contributed by atoms with van der Waals surface area (Å²) in [5.41, 5.74) is 9.59. The molecule has 0 saturated carbocycles. The molecular formula is C15H12N4. The molecule has 0 aromatic carbocycles. The fraction of sp³-hybridized carbons (Fsp3) is 0. The molecule has 0 saturated heterocycles. The molecule has 0 aliphatic heterocycles. The topological polar surface area (TPSA) is 64.7 Å². The third-order valence-corrected chi connectivity index (χ3v) is 2.87. The molecule has 3 aromatic rings. The van der Waals surface area contributed by atoms with Gasteiger partial charge < -0.3 is 5.73 Å². The van der Waals surface area contributed by atoms with E-state index in [4.69, 9.17) is 5.73 Å². The molecule has 92 valence electrons. The molecular weight excluding hydrogens is 236 g/mol. The van der Waals surface area contributed by atoms with Gasteiger partial charge >= 0.3 is 0 Å². The molecule has 19 heavy (non-hydrogen) atoms. The van der Waals surface area contributed by atoms with Crippen LogP contribution in [0.15, 0.2) is 61.2 Å². The maximum Gasteiger partial charge on any atom is 0.132 e. The van der Waals surface area contributed by atoms with Gasteiger partial charge in [-0.3, -0.25) is 9.97 Å². The molecule has 2 N–H and O–H groups in total. The van der Waals surface area contributed by atoms with Crippen LogP contribution in [0.25, 0.3) is 22.4 Å². The Morgan fingerprint density at radius 1 is 0.789 bits per heavy atom. The van der Waals surface area contributed by atoms with Gasteiger partial charge in [0.1, 0.15) is 5.82 Å². The van der Waals surface area contributed by atoms with E-state index >= 15 is 0 Å². The van der Waals surface area contributed by atoms with Gasteiger partial charge in [0.2, 0.25) is 0 Å². The van der Waals surface area contributed by atoms with Gasteiger partial charge in [0.05, 0.1) is 5.69 Å². The highest BCUT2D eigenvalue weighted by Crippen LogP contribution is 2.31. The van der Waals surface area contributed by atoms with Gasteiger partial charge in [-0.15, -0.1) is 0 Å². The summed E-state index contributed by atoms with van der Waals surface area (Å²) in [6, 6.07) is 11.6. The van der Waals surface area contributed by atoms with Gasteiger partial charge in [-0.25, -0.2) is 4.98 Å². The number of rotatable bonds is 2. The Morgan fingerprint density at radius 3 is 2.26 bits per heavy atom. The number of aromatic nitrogens is 3. The largest absolute Gasteiger partial charge is 0.383 e. The molecule has 0 bridgehead atoms. The second-order valence-electron chi connectivity index (χ2n) is 4.08. The minimum Gasteiger partial charge on any atom is -0.383 e. The maximum atomic E-state index is 5.93. The van der Waals surface area contributed by atoms with E-state index in [1.165, 1.54) is 0 Å². The Hall–Kier alpha value is -2.75. The van der Waals surface area contributed by atoms with Gasteiger partial charge in [0, 0.05) is 41.5 Å². The summed E-state index contributed by atoms with van der Waals surface area (Å²) in [6.45, 7) is 0. The zero-order chi connectivity index (χ0) is 13.1. The van der Waals surface area contributed by atoms with Crippen LogP contribution in [0.2, 0.25) is 0 Å². The molecule has 0 unspecified atom stereocenters. The molecule has 0 atom stereocenters. The van der Waals surface area contributed by atoms with Crippen LogP contribution < -0.4 is 5.73 Å². The minimum absolute atomic E-state index is 0.478. The summed E-state index contributed by atoms with van der Waals surface area (Å²) in [6.07, 6.45) is 6.98. The molecule has 3 heterocycles. The Bertz CT molecular complexity index is 695. The number of pyridine rings is 3. The highest BCUT2D eigenvalue weighted by molar-refractivity contribution is 5.84. The summed E-state index contributed by atoms with van der Waals surface area (Å²) in [4.78, 5) is 12.7. The van der Waals surface area contributed by atoms with Gasteiger partial charge in [-0.1, -0.05) is 12.1 Å². The van der Waals surface area contributed by atoms with Crippen molar-refractivity contribution >= 4 is 5.82 Å². The Balaban J connectivity index is 2.21. The monoisotopic (exact) mass is 248 g/mol. The van der Waals surface area contributed by atoms with E-state index in [0.29, 0.717) is 5.82 Å². The molecule has 3 rings (SSSR count). The van der Waals surface area contributed by atoms with Crippen LogP contribution in [0.3, 0.4) is 0 Å². The lowest BCUT2D eigenvalue weighted by molar-refractivity contribution is 1.27. The Kier molecular flexibility index (Phi) is 2.90. The standard InChI is InChI=1S/C15H12N4/c16-15-13(6-3-9-19-15)14-12(5-2-8-18-14)11-4-1-7-17-10-11/h1-10H,(H2,16,19). The van der Waals surface area contributed by atoms with Crippen molar-refractivity contribution in [1.82, 2.24) is 15.0 Å². The van der Waals surface area contributed by atoms with Crippen LogP contribution in [0, 0.1) is 0 Å². The van der Waals surface area contributed by atoms with Crippen LogP contribution >= 0.6 is 0 Å². The molecule has 3 aromatic heterocycles. The van der Waals surface area contributed by atoms with Crippen molar-refractivity contribution in [1.29, 1.82) is 0 Å². The number of nitrogens with zero attached hydrogens (tertiary/aromatic N) is 3. The zero-order valence-electron chi connectivity index (χ0n) is 10.2. The number of hydrogen-bond acceptors (Lipinski definition) is 4. The normalized spacial score (nSPS) is 10.3. The predicted molar refractivity (Wildman–Crippen MR) is 75.1 cm³/mol. The first-order valence-corrected chi connectivity index (χ1v) is 5.92. The SMILES string of the molecule is Nc1ncccc1-c1ncccc1-c1cccnc1. The average Bonchev–Trinajstić information content (AvgIpc) is 2.49. The second-order valence-corrected chi connectivity index (χ2v) is 4.08. The Labute approximate surface area is 111 Å². The van der Waals surface area contributed by atoms with Crippen LogP contribution in [-0.4, -0.2) is 15.0 Å². The maximum absolute atomic E-state index is 5.93. The van der Waals surface area contributed by atoms with Crippen LogP contribution in [0.5, 0.6) is 0 Å². The first kappa shape index (κ1) is 11.3. The van der Waals surface area contributed by atoms with E-state index in [1.54, 1.807) is 18.6 Å². The van der Waals surface area contributed by atoms with E-state index < -0.39 is 0 Å². The van der Waals surface area contributed by atoms with E-state index in [0.717, 1.165) is 22.4 Å². The summed E-state index contributed by atoms with van der Waals surface area (Å²) in [7, 11) is 0. The molecule has 4 nitrogen and oxygen atoms in total. The number of nitrogen functional groups attached to an aromatic ring is 1. The smallest absolute Gasteiger partial charge is 0.132 e. The summed E-state index contributed by atoms with van der Waals surface area (Å²) in [5, 5.41) is 0. The second kappa shape index (κ2) is 4.86. The van der Waals surface area contributed by atoms with Crippen LogP contribution in [-0.2, 0) is 0 Å². The number of hydrogen-bond donors (Lipinski definition) is 1. The highest BCUT2D eigenvalue weighted by Gasteiger charge is 2.11. The zero-order valence-corrected chi connectivity index (χ0v) is 10.2.